The highest BCUT2D eigenvalue weighted by Crippen LogP contribution is 2.35. The molecule has 0 fully saturated rings. The number of hydrogen-bond acceptors (Lipinski definition) is 3. The lowest BCUT2D eigenvalue weighted by Crippen LogP contribution is -2.01. The zero-order valence-corrected chi connectivity index (χ0v) is 12.4. The molecule has 0 bridgehead atoms. The molecule has 1 unspecified atom stereocenters. The van der Waals surface area contributed by atoms with Crippen molar-refractivity contribution in [3.05, 3.63) is 51.9 Å². The summed E-state index contributed by atoms with van der Waals surface area (Å²) in [4.78, 5) is 8.09. The fourth-order valence-electron chi connectivity index (χ4n) is 1.70. The van der Waals surface area contributed by atoms with Gasteiger partial charge in [0, 0.05) is 33.8 Å². The van der Waals surface area contributed by atoms with Gasteiger partial charge in [-0.1, -0.05) is 29.3 Å². The number of aromatic nitrogens is 2. The van der Waals surface area contributed by atoms with E-state index in [2.05, 4.69) is 9.97 Å². The summed E-state index contributed by atoms with van der Waals surface area (Å²) in [5.74, 6) is 0.499. The Morgan fingerprint density at radius 1 is 1.21 bits per heavy atom. The van der Waals surface area contributed by atoms with Crippen LogP contribution in [-0.4, -0.2) is 17.1 Å². The van der Waals surface area contributed by atoms with Crippen molar-refractivity contribution in [3.8, 4) is 5.88 Å². The van der Waals surface area contributed by atoms with Gasteiger partial charge in [-0.15, -0.1) is 11.6 Å². The smallest absolute Gasteiger partial charge is 0.216 e. The third kappa shape index (κ3) is 3.50. The molecule has 1 heterocycles. The monoisotopic (exact) mass is 316 g/mol. The van der Waals surface area contributed by atoms with Gasteiger partial charge in [0.05, 0.1) is 12.5 Å². The summed E-state index contributed by atoms with van der Waals surface area (Å²) in [6.45, 7) is 0. The second-order valence-electron chi connectivity index (χ2n) is 3.86. The summed E-state index contributed by atoms with van der Waals surface area (Å²) in [6.07, 6.45) is 1.93. The second kappa shape index (κ2) is 6.42. The number of rotatable bonds is 4. The van der Waals surface area contributed by atoms with Crippen LogP contribution in [0.3, 0.4) is 0 Å². The SMILES string of the molecule is COc1cc(CC(Cl)c2c(Cl)cccc2Cl)ncn1. The van der Waals surface area contributed by atoms with Gasteiger partial charge in [-0.25, -0.2) is 9.97 Å². The number of alkyl halides is 1. The molecule has 6 heteroatoms. The maximum atomic E-state index is 6.38. The molecule has 0 spiro atoms. The van der Waals surface area contributed by atoms with E-state index in [1.54, 1.807) is 31.4 Å². The quantitative estimate of drug-likeness (QED) is 0.788. The minimum atomic E-state index is -0.360. The van der Waals surface area contributed by atoms with E-state index < -0.39 is 0 Å². The van der Waals surface area contributed by atoms with Crippen LogP contribution >= 0.6 is 34.8 Å². The van der Waals surface area contributed by atoms with E-state index in [-0.39, 0.29) is 5.38 Å². The summed E-state index contributed by atoms with van der Waals surface area (Å²) < 4.78 is 5.04. The fraction of sp³-hybridized carbons (Fsp3) is 0.231. The van der Waals surface area contributed by atoms with Crippen LogP contribution in [0.2, 0.25) is 10.0 Å². The van der Waals surface area contributed by atoms with Crippen molar-refractivity contribution >= 4 is 34.8 Å². The third-order valence-corrected chi connectivity index (χ3v) is 3.64. The number of ether oxygens (including phenoxy) is 1. The van der Waals surface area contributed by atoms with Crippen molar-refractivity contribution in [3.63, 3.8) is 0 Å². The number of nitrogens with zero attached hydrogens (tertiary/aromatic N) is 2. The van der Waals surface area contributed by atoms with Crippen LogP contribution in [0, 0.1) is 0 Å². The van der Waals surface area contributed by atoms with Crippen molar-refractivity contribution in [1.29, 1.82) is 0 Å². The minimum absolute atomic E-state index is 0.360. The topological polar surface area (TPSA) is 35.0 Å². The standard InChI is InChI=1S/C13H11Cl3N2O/c1-19-12-6-8(17-7-18-12)5-11(16)13-9(14)3-2-4-10(13)15/h2-4,6-7,11H,5H2,1H3. The first-order valence-corrected chi connectivity index (χ1v) is 6.74. The van der Waals surface area contributed by atoms with Crippen LogP contribution in [-0.2, 0) is 6.42 Å². The molecule has 19 heavy (non-hydrogen) atoms. The number of benzene rings is 1. The van der Waals surface area contributed by atoms with Gasteiger partial charge < -0.3 is 4.74 Å². The molecule has 1 aromatic carbocycles. The van der Waals surface area contributed by atoms with E-state index in [1.807, 2.05) is 0 Å². The number of hydrogen-bond donors (Lipinski definition) is 0. The molecule has 0 saturated heterocycles. The largest absolute Gasteiger partial charge is 0.481 e. The molecule has 0 aliphatic carbocycles. The van der Waals surface area contributed by atoms with E-state index >= 15 is 0 Å². The Bertz CT molecular complexity index is 557. The summed E-state index contributed by atoms with van der Waals surface area (Å²) >= 11 is 18.6. The molecule has 1 aromatic heterocycles. The van der Waals surface area contributed by atoms with Crippen LogP contribution in [0.4, 0.5) is 0 Å². The van der Waals surface area contributed by atoms with Gasteiger partial charge in [0.2, 0.25) is 5.88 Å². The summed E-state index contributed by atoms with van der Waals surface area (Å²) in [7, 11) is 1.55. The van der Waals surface area contributed by atoms with Gasteiger partial charge >= 0.3 is 0 Å². The maximum Gasteiger partial charge on any atom is 0.216 e. The Labute approximate surface area is 126 Å². The average Bonchev–Trinajstić information content (AvgIpc) is 2.38. The van der Waals surface area contributed by atoms with Crippen molar-refractivity contribution in [2.45, 2.75) is 11.8 Å². The first kappa shape index (κ1) is 14.4. The van der Waals surface area contributed by atoms with Crippen LogP contribution in [0.15, 0.2) is 30.6 Å². The molecule has 1 atom stereocenters. The second-order valence-corrected chi connectivity index (χ2v) is 5.20. The lowest BCUT2D eigenvalue weighted by molar-refractivity contribution is 0.396. The number of methoxy groups -OCH3 is 1. The summed E-state index contributed by atoms with van der Waals surface area (Å²) in [5.41, 5.74) is 1.48. The lowest BCUT2D eigenvalue weighted by atomic mass is 10.1. The first-order valence-electron chi connectivity index (χ1n) is 5.54. The molecule has 100 valence electrons. The highest BCUT2D eigenvalue weighted by atomic mass is 35.5. The van der Waals surface area contributed by atoms with Crippen LogP contribution in [0.5, 0.6) is 5.88 Å². The van der Waals surface area contributed by atoms with Crippen LogP contribution in [0.25, 0.3) is 0 Å². The zero-order chi connectivity index (χ0) is 13.8. The van der Waals surface area contributed by atoms with Gasteiger partial charge in [-0.3, -0.25) is 0 Å². The maximum absolute atomic E-state index is 6.38. The fourth-order valence-corrected chi connectivity index (χ4v) is 2.86. The van der Waals surface area contributed by atoms with Gasteiger partial charge in [-0.05, 0) is 12.1 Å². The lowest BCUT2D eigenvalue weighted by Gasteiger charge is -2.13. The Hall–Kier alpha value is -1.03. The normalized spacial score (nSPS) is 12.2. The zero-order valence-electron chi connectivity index (χ0n) is 10.1. The first-order chi connectivity index (χ1) is 9.11. The van der Waals surface area contributed by atoms with E-state index in [9.17, 15) is 0 Å². The highest BCUT2D eigenvalue weighted by molar-refractivity contribution is 6.37. The van der Waals surface area contributed by atoms with E-state index in [0.717, 1.165) is 5.69 Å². The van der Waals surface area contributed by atoms with Gasteiger partial charge in [0.1, 0.15) is 6.33 Å². The molecular weight excluding hydrogens is 307 g/mol. The van der Waals surface area contributed by atoms with E-state index in [0.29, 0.717) is 27.9 Å². The van der Waals surface area contributed by atoms with Crippen molar-refractivity contribution in [2.24, 2.45) is 0 Å². The summed E-state index contributed by atoms with van der Waals surface area (Å²) in [5, 5.41) is 0.739. The molecule has 0 aliphatic heterocycles. The Balaban J connectivity index is 2.23. The molecule has 2 rings (SSSR count). The van der Waals surface area contributed by atoms with E-state index in [4.69, 9.17) is 39.5 Å². The molecule has 0 aliphatic rings. The molecule has 0 saturated carbocycles. The average molecular weight is 318 g/mol. The highest BCUT2D eigenvalue weighted by Gasteiger charge is 2.17. The van der Waals surface area contributed by atoms with Crippen molar-refractivity contribution in [2.75, 3.05) is 7.11 Å². The van der Waals surface area contributed by atoms with Crippen LogP contribution < -0.4 is 4.74 Å². The van der Waals surface area contributed by atoms with Crippen LogP contribution in [0.1, 0.15) is 16.6 Å². The molecule has 0 amide bonds. The van der Waals surface area contributed by atoms with E-state index in [1.165, 1.54) is 6.33 Å². The van der Waals surface area contributed by atoms with Crippen molar-refractivity contribution < 1.29 is 4.74 Å². The molecule has 2 aromatic rings. The molecular formula is C13H11Cl3N2O. The predicted molar refractivity (Wildman–Crippen MR) is 77.3 cm³/mol. The summed E-state index contributed by atoms with van der Waals surface area (Å²) in [6, 6.07) is 7.04. The number of halogens is 3. The van der Waals surface area contributed by atoms with Gasteiger partial charge in [0.15, 0.2) is 0 Å². The Morgan fingerprint density at radius 3 is 2.53 bits per heavy atom. The Morgan fingerprint density at radius 2 is 1.89 bits per heavy atom. The van der Waals surface area contributed by atoms with Gasteiger partial charge in [-0.2, -0.15) is 0 Å². The minimum Gasteiger partial charge on any atom is -0.481 e. The molecule has 0 radical (unpaired) electrons. The molecule has 3 nitrogen and oxygen atoms in total. The molecule has 0 N–H and O–H groups in total. The third-order valence-electron chi connectivity index (χ3n) is 2.61. The Kier molecular flexibility index (Phi) is 4.86. The van der Waals surface area contributed by atoms with Crippen molar-refractivity contribution in [1.82, 2.24) is 9.97 Å². The van der Waals surface area contributed by atoms with Gasteiger partial charge in [0.25, 0.3) is 0 Å². The predicted octanol–water partition coefficient (Wildman–Crippen LogP) is 4.31.